The molecule has 1 aromatic rings. The van der Waals surface area contributed by atoms with E-state index in [4.69, 9.17) is 4.74 Å². The Labute approximate surface area is 183 Å². The van der Waals surface area contributed by atoms with Gasteiger partial charge in [-0.2, -0.15) is 0 Å². The molecular formula is C26H41N2O2+. The van der Waals surface area contributed by atoms with Crippen molar-refractivity contribution in [2.45, 2.75) is 70.8 Å². The standard InChI is InChI=1S/C26H41N2O2/c1-3-5-7-8-13-19-28-20-16-23(17-21-28)25(22-28)30-26(29)27(18-12-6-4-2)24-14-10-9-11-15-24/h4,9-11,14-15,23,25H,2-3,5-8,12-13,16-22H2,1H3/q+1/t23?,25-,28?/m0/s1. The number of unbranched alkanes of at least 4 members (excludes halogenated alkanes) is 5. The second-order valence-electron chi connectivity index (χ2n) is 9.29. The van der Waals surface area contributed by atoms with Gasteiger partial charge in [0.05, 0.1) is 19.6 Å². The van der Waals surface area contributed by atoms with E-state index in [0.29, 0.717) is 12.5 Å². The first kappa shape index (κ1) is 22.9. The summed E-state index contributed by atoms with van der Waals surface area (Å²) in [4.78, 5) is 15.0. The summed E-state index contributed by atoms with van der Waals surface area (Å²) in [6.45, 7) is 11.6. The van der Waals surface area contributed by atoms with E-state index in [1.807, 2.05) is 41.3 Å². The lowest BCUT2D eigenvalue weighted by atomic mass is 9.83. The number of amides is 1. The zero-order chi connectivity index (χ0) is 21.2. The number of allylic oxidation sites excluding steroid dienone is 1. The summed E-state index contributed by atoms with van der Waals surface area (Å²) in [5.74, 6) is 0.542. The Morgan fingerprint density at radius 1 is 1.13 bits per heavy atom. The Hall–Kier alpha value is -1.81. The molecule has 4 heteroatoms. The molecule has 0 radical (unpaired) electrons. The van der Waals surface area contributed by atoms with Crippen molar-refractivity contribution in [3.05, 3.63) is 43.0 Å². The van der Waals surface area contributed by atoms with Crippen molar-refractivity contribution in [1.82, 2.24) is 0 Å². The van der Waals surface area contributed by atoms with E-state index in [2.05, 4.69) is 13.5 Å². The van der Waals surface area contributed by atoms with Crippen LogP contribution >= 0.6 is 0 Å². The average Bonchev–Trinajstić information content (AvgIpc) is 2.78. The highest BCUT2D eigenvalue weighted by atomic mass is 16.6. The van der Waals surface area contributed by atoms with Gasteiger partial charge in [-0.25, -0.2) is 4.79 Å². The Morgan fingerprint density at radius 2 is 1.87 bits per heavy atom. The van der Waals surface area contributed by atoms with Crippen LogP contribution in [0.3, 0.4) is 0 Å². The molecule has 3 aliphatic heterocycles. The van der Waals surface area contributed by atoms with E-state index in [1.54, 1.807) is 0 Å². The lowest BCUT2D eigenvalue weighted by molar-refractivity contribution is -0.946. The maximum atomic E-state index is 13.2. The van der Waals surface area contributed by atoms with Gasteiger partial charge < -0.3 is 9.22 Å². The quantitative estimate of drug-likeness (QED) is 0.233. The van der Waals surface area contributed by atoms with Gasteiger partial charge in [-0.1, -0.05) is 50.5 Å². The Kier molecular flexibility index (Phi) is 8.80. The summed E-state index contributed by atoms with van der Waals surface area (Å²) in [6.07, 6.45) is 12.7. The third-order valence-corrected chi connectivity index (χ3v) is 7.11. The molecule has 3 heterocycles. The summed E-state index contributed by atoms with van der Waals surface area (Å²) in [7, 11) is 0. The molecule has 1 amide bonds. The van der Waals surface area contributed by atoms with Gasteiger partial charge in [0, 0.05) is 31.0 Å². The van der Waals surface area contributed by atoms with Crippen LogP contribution in [0.15, 0.2) is 43.0 Å². The minimum absolute atomic E-state index is 0.0706. The molecule has 0 saturated carbocycles. The van der Waals surface area contributed by atoms with Crippen molar-refractivity contribution < 1.29 is 14.0 Å². The zero-order valence-corrected chi connectivity index (χ0v) is 18.9. The van der Waals surface area contributed by atoms with E-state index in [1.165, 1.54) is 69.1 Å². The number of carbonyl (C=O) groups is 1. The molecule has 1 aromatic carbocycles. The number of rotatable bonds is 12. The van der Waals surface area contributed by atoms with E-state index in [0.717, 1.165) is 25.1 Å². The van der Waals surface area contributed by atoms with E-state index in [-0.39, 0.29) is 12.2 Å². The second-order valence-corrected chi connectivity index (χ2v) is 9.29. The van der Waals surface area contributed by atoms with Gasteiger partial charge in [0.1, 0.15) is 6.54 Å². The number of fused-ring (bicyclic) bond motifs is 3. The first-order valence-electron chi connectivity index (χ1n) is 12.2. The summed E-state index contributed by atoms with van der Waals surface area (Å²) in [5, 5.41) is 0. The fourth-order valence-electron chi connectivity index (χ4n) is 5.24. The minimum atomic E-state index is -0.176. The largest absolute Gasteiger partial charge is 0.440 e. The first-order chi connectivity index (χ1) is 14.7. The third kappa shape index (κ3) is 6.10. The number of hydrogen-bond acceptors (Lipinski definition) is 2. The van der Waals surface area contributed by atoms with Crippen LogP contribution in [0, 0.1) is 5.92 Å². The van der Waals surface area contributed by atoms with Gasteiger partial charge in [-0.3, -0.25) is 4.90 Å². The molecule has 2 bridgehead atoms. The van der Waals surface area contributed by atoms with Crippen LogP contribution in [0.2, 0.25) is 0 Å². The highest BCUT2D eigenvalue weighted by molar-refractivity contribution is 5.87. The molecule has 0 aliphatic carbocycles. The molecule has 3 saturated heterocycles. The van der Waals surface area contributed by atoms with Crippen molar-refractivity contribution in [3.8, 4) is 0 Å². The topological polar surface area (TPSA) is 29.5 Å². The predicted molar refractivity (Wildman–Crippen MR) is 125 cm³/mol. The normalized spacial score (nSPS) is 25.1. The molecule has 3 fully saturated rings. The van der Waals surface area contributed by atoms with Crippen molar-refractivity contribution in [1.29, 1.82) is 0 Å². The fourth-order valence-corrected chi connectivity index (χ4v) is 5.24. The van der Waals surface area contributed by atoms with Crippen LogP contribution < -0.4 is 4.90 Å². The van der Waals surface area contributed by atoms with Crippen LogP contribution in [0.4, 0.5) is 10.5 Å². The lowest BCUT2D eigenvalue weighted by Gasteiger charge is -2.52. The summed E-state index contributed by atoms with van der Waals surface area (Å²) in [5.41, 5.74) is 0.924. The van der Waals surface area contributed by atoms with Crippen molar-refractivity contribution in [2.75, 3.05) is 37.6 Å². The molecule has 0 unspecified atom stereocenters. The van der Waals surface area contributed by atoms with Crippen LogP contribution in [0.25, 0.3) is 0 Å². The minimum Gasteiger partial charge on any atom is -0.440 e. The maximum Gasteiger partial charge on any atom is 0.414 e. The Balaban J connectivity index is 1.59. The number of para-hydroxylation sites is 1. The number of quaternary nitrogens is 1. The number of hydrogen-bond donors (Lipinski definition) is 0. The number of ether oxygens (including phenoxy) is 1. The summed E-state index contributed by atoms with van der Waals surface area (Å²) >= 11 is 0. The second kappa shape index (κ2) is 11.5. The molecule has 4 nitrogen and oxygen atoms in total. The van der Waals surface area contributed by atoms with E-state index < -0.39 is 0 Å². The number of anilines is 1. The van der Waals surface area contributed by atoms with Gasteiger partial charge in [0.25, 0.3) is 0 Å². The smallest absolute Gasteiger partial charge is 0.414 e. The van der Waals surface area contributed by atoms with Gasteiger partial charge in [-0.05, 0) is 37.8 Å². The van der Waals surface area contributed by atoms with Crippen LogP contribution in [0.1, 0.15) is 64.7 Å². The predicted octanol–water partition coefficient (Wildman–Crippen LogP) is 6.18. The molecule has 166 valence electrons. The van der Waals surface area contributed by atoms with Gasteiger partial charge in [-0.15, -0.1) is 6.58 Å². The van der Waals surface area contributed by atoms with Gasteiger partial charge in [0.2, 0.25) is 0 Å². The molecule has 1 atom stereocenters. The zero-order valence-electron chi connectivity index (χ0n) is 18.9. The SMILES string of the molecule is C=CCCCN(C(=O)O[C@H]1C[N+]2(CCCCCCC)CCC1CC2)c1ccccc1. The number of benzene rings is 1. The van der Waals surface area contributed by atoms with E-state index in [9.17, 15) is 4.79 Å². The molecule has 0 spiro atoms. The fraction of sp³-hybridized carbons (Fsp3) is 0.654. The Bertz CT molecular complexity index is 652. The number of piperidine rings is 3. The monoisotopic (exact) mass is 413 g/mol. The van der Waals surface area contributed by atoms with Gasteiger partial charge in [0.15, 0.2) is 6.10 Å². The van der Waals surface area contributed by atoms with Crippen LogP contribution in [-0.2, 0) is 4.74 Å². The molecule has 4 rings (SSSR count). The van der Waals surface area contributed by atoms with Crippen molar-refractivity contribution >= 4 is 11.8 Å². The number of nitrogens with zero attached hydrogens (tertiary/aromatic N) is 2. The first-order valence-corrected chi connectivity index (χ1v) is 12.2. The van der Waals surface area contributed by atoms with Crippen LogP contribution in [-0.4, -0.2) is 49.4 Å². The van der Waals surface area contributed by atoms with Crippen molar-refractivity contribution in [3.63, 3.8) is 0 Å². The molecule has 0 N–H and O–H groups in total. The van der Waals surface area contributed by atoms with Gasteiger partial charge >= 0.3 is 6.09 Å². The van der Waals surface area contributed by atoms with Crippen LogP contribution in [0.5, 0.6) is 0 Å². The highest BCUT2D eigenvalue weighted by Gasteiger charge is 2.47. The highest BCUT2D eigenvalue weighted by Crippen LogP contribution is 2.36. The molecule has 0 aromatic heterocycles. The lowest BCUT2D eigenvalue weighted by Crippen LogP contribution is -2.65. The molecular weight excluding hydrogens is 372 g/mol. The van der Waals surface area contributed by atoms with Crippen molar-refractivity contribution in [2.24, 2.45) is 5.92 Å². The molecule has 3 aliphatic rings. The third-order valence-electron chi connectivity index (χ3n) is 7.11. The Morgan fingerprint density at radius 3 is 2.57 bits per heavy atom. The molecule has 30 heavy (non-hydrogen) atoms. The summed E-state index contributed by atoms with van der Waals surface area (Å²) in [6, 6.07) is 9.94. The van der Waals surface area contributed by atoms with E-state index >= 15 is 0 Å². The summed E-state index contributed by atoms with van der Waals surface area (Å²) < 4.78 is 7.36. The number of carbonyl (C=O) groups excluding carboxylic acids is 1. The average molecular weight is 414 g/mol. The maximum absolute atomic E-state index is 13.2.